The molecule has 2 aromatic carbocycles. The number of fused-ring (bicyclic) bond motifs is 2. The van der Waals surface area contributed by atoms with Gasteiger partial charge in [-0.1, -0.05) is 60.5 Å². The van der Waals surface area contributed by atoms with E-state index >= 15 is 0 Å². The topological polar surface area (TPSA) is 117 Å². The molecule has 1 atom stereocenters. The summed E-state index contributed by atoms with van der Waals surface area (Å²) in [5.74, 6) is 6.94. The van der Waals surface area contributed by atoms with Crippen LogP contribution in [-0.4, -0.2) is 47.8 Å². The molecule has 5 aromatic rings. The molecular formula is C32H32N8O2. The highest BCUT2D eigenvalue weighted by molar-refractivity contribution is 5.88. The van der Waals surface area contributed by atoms with Gasteiger partial charge in [-0.15, -0.1) is 5.92 Å². The molecule has 1 saturated heterocycles. The van der Waals surface area contributed by atoms with Gasteiger partial charge >= 0.3 is 5.69 Å². The second-order valence-electron chi connectivity index (χ2n) is 10.5. The van der Waals surface area contributed by atoms with Crippen LogP contribution in [0, 0.1) is 11.8 Å². The lowest BCUT2D eigenvalue weighted by Gasteiger charge is -2.31. The van der Waals surface area contributed by atoms with Crippen LogP contribution in [0.5, 0.6) is 0 Å². The lowest BCUT2D eigenvalue weighted by atomic mass is 10.1. The van der Waals surface area contributed by atoms with E-state index in [1.54, 1.807) is 18.5 Å². The number of para-hydroxylation sites is 1. The zero-order valence-corrected chi connectivity index (χ0v) is 23.7. The number of hydrogen-bond donors (Lipinski definition) is 1. The largest absolute Gasteiger partial charge is 0.341 e. The maximum Gasteiger partial charge on any atom is 0.332 e. The van der Waals surface area contributed by atoms with Crippen molar-refractivity contribution in [2.75, 3.05) is 18.0 Å². The highest BCUT2D eigenvalue weighted by atomic mass is 16.2. The molecule has 1 aliphatic rings. The van der Waals surface area contributed by atoms with Gasteiger partial charge < -0.3 is 10.6 Å². The third-order valence-electron chi connectivity index (χ3n) is 7.58. The SMILES string of the molecule is CC#CCn1c(N2CCCC(N)C2)nc2c1c(=O)n(Cc1nc(/C=C/c3ccccc3)c3ccccc3n1)c(=O)n2C. The predicted molar refractivity (Wildman–Crippen MR) is 166 cm³/mol. The molecule has 0 amide bonds. The second-order valence-corrected chi connectivity index (χ2v) is 10.5. The lowest BCUT2D eigenvalue weighted by molar-refractivity contribution is 0.496. The first kappa shape index (κ1) is 27.2. The number of piperidine rings is 1. The summed E-state index contributed by atoms with van der Waals surface area (Å²) in [6.07, 6.45) is 5.77. The van der Waals surface area contributed by atoms with Crippen LogP contribution in [0.2, 0.25) is 0 Å². The maximum absolute atomic E-state index is 14.0. The Bertz CT molecular complexity index is 1990. The first-order valence-corrected chi connectivity index (χ1v) is 14.0. The fraction of sp³-hybridized carbons (Fsp3) is 0.281. The van der Waals surface area contributed by atoms with Crippen LogP contribution < -0.4 is 21.9 Å². The molecule has 0 saturated carbocycles. The quantitative estimate of drug-likeness (QED) is 0.317. The smallest absolute Gasteiger partial charge is 0.332 e. The normalized spacial score (nSPS) is 15.4. The molecule has 10 nitrogen and oxygen atoms in total. The minimum atomic E-state index is -0.487. The molecule has 42 heavy (non-hydrogen) atoms. The average Bonchev–Trinajstić information content (AvgIpc) is 3.40. The van der Waals surface area contributed by atoms with Crippen LogP contribution in [0.15, 0.2) is 64.2 Å². The Morgan fingerprint density at radius 2 is 1.79 bits per heavy atom. The minimum absolute atomic E-state index is 0.0138. The number of hydrogen-bond acceptors (Lipinski definition) is 7. The van der Waals surface area contributed by atoms with Gasteiger partial charge in [0.25, 0.3) is 5.56 Å². The Kier molecular flexibility index (Phi) is 7.42. The Morgan fingerprint density at radius 3 is 2.57 bits per heavy atom. The van der Waals surface area contributed by atoms with E-state index in [0.717, 1.165) is 35.9 Å². The van der Waals surface area contributed by atoms with Crippen molar-refractivity contribution in [3.63, 3.8) is 0 Å². The van der Waals surface area contributed by atoms with Crippen LogP contribution in [0.25, 0.3) is 34.2 Å². The Morgan fingerprint density at radius 1 is 1.00 bits per heavy atom. The van der Waals surface area contributed by atoms with E-state index in [-0.39, 0.29) is 19.1 Å². The molecule has 2 N–H and O–H groups in total. The number of anilines is 1. The Hall–Kier alpha value is -5.01. The van der Waals surface area contributed by atoms with Crippen molar-refractivity contribution in [3.05, 3.63) is 92.5 Å². The van der Waals surface area contributed by atoms with Crippen molar-refractivity contribution in [3.8, 4) is 11.8 Å². The number of imidazole rings is 1. The fourth-order valence-electron chi connectivity index (χ4n) is 5.47. The van der Waals surface area contributed by atoms with Gasteiger partial charge in [0.1, 0.15) is 5.82 Å². The van der Waals surface area contributed by atoms with Gasteiger partial charge in [0.15, 0.2) is 11.2 Å². The van der Waals surface area contributed by atoms with E-state index in [1.165, 1.54) is 9.13 Å². The molecular weight excluding hydrogens is 528 g/mol. The number of aromatic nitrogens is 6. The lowest BCUT2D eigenvalue weighted by Crippen LogP contribution is -2.44. The van der Waals surface area contributed by atoms with Crippen molar-refractivity contribution >= 4 is 40.2 Å². The third kappa shape index (κ3) is 5.10. The molecule has 0 radical (unpaired) electrons. The second kappa shape index (κ2) is 11.5. The fourth-order valence-corrected chi connectivity index (χ4v) is 5.47. The van der Waals surface area contributed by atoms with Gasteiger partial charge in [0, 0.05) is 31.6 Å². The number of nitrogens with zero attached hydrogens (tertiary/aromatic N) is 7. The number of benzene rings is 2. The summed E-state index contributed by atoms with van der Waals surface area (Å²) < 4.78 is 4.40. The number of nitrogens with two attached hydrogens (primary N) is 1. The van der Waals surface area contributed by atoms with E-state index in [9.17, 15) is 9.59 Å². The minimum Gasteiger partial charge on any atom is -0.341 e. The van der Waals surface area contributed by atoms with Crippen LogP contribution in [-0.2, 0) is 20.1 Å². The molecule has 4 heterocycles. The Balaban J connectivity index is 1.48. The molecule has 6 rings (SSSR count). The monoisotopic (exact) mass is 560 g/mol. The van der Waals surface area contributed by atoms with Crippen molar-refractivity contribution < 1.29 is 0 Å². The van der Waals surface area contributed by atoms with Crippen molar-refractivity contribution in [1.29, 1.82) is 0 Å². The summed E-state index contributed by atoms with van der Waals surface area (Å²) in [5.41, 5.74) is 8.43. The molecule has 3 aromatic heterocycles. The first-order valence-electron chi connectivity index (χ1n) is 14.0. The van der Waals surface area contributed by atoms with Crippen molar-refractivity contribution in [1.82, 2.24) is 28.7 Å². The summed E-state index contributed by atoms with van der Waals surface area (Å²) >= 11 is 0. The molecule has 1 aliphatic heterocycles. The van der Waals surface area contributed by atoms with Crippen molar-refractivity contribution in [2.24, 2.45) is 12.8 Å². The first-order chi connectivity index (χ1) is 20.4. The van der Waals surface area contributed by atoms with Gasteiger partial charge in [-0.05, 0) is 37.5 Å². The molecule has 1 fully saturated rings. The van der Waals surface area contributed by atoms with Gasteiger partial charge in [-0.3, -0.25) is 18.5 Å². The zero-order chi connectivity index (χ0) is 29.2. The zero-order valence-electron chi connectivity index (χ0n) is 23.7. The predicted octanol–water partition coefficient (Wildman–Crippen LogP) is 3.01. The maximum atomic E-state index is 14.0. The van der Waals surface area contributed by atoms with E-state index in [1.807, 2.05) is 66.7 Å². The highest BCUT2D eigenvalue weighted by Gasteiger charge is 2.26. The molecule has 212 valence electrons. The van der Waals surface area contributed by atoms with Crippen LogP contribution in [0.4, 0.5) is 5.95 Å². The highest BCUT2D eigenvalue weighted by Crippen LogP contribution is 2.23. The van der Waals surface area contributed by atoms with Crippen LogP contribution in [0.3, 0.4) is 0 Å². The summed E-state index contributed by atoms with van der Waals surface area (Å²) in [4.78, 5) is 44.0. The standard InChI is InChI=1S/C32H32N8O2/c1-3-4-19-39-28-29(36-31(39)38-18-10-13-23(33)20-38)37(2)32(42)40(30(28)41)21-27-34-25-15-9-8-14-24(25)26(35-27)17-16-22-11-6-5-7-12-22/h5-9,11-12,14-17,23H,10,13,18-21,33H2,1-2H3/b17-16+. The van der Waals surface area contributed by atoms with E-state index in [0.29, 0.717) is 35.2 Å². The Labute approximate surface area is 242 Å². The van der Waals surface area contributed by atoms with E-state index in [2.05, 4.69) is 16.7 Å². The third-order valence-corrected chi connectivity index (χ3v) is 7.58. The summed E-state index contributed by atoms with van der Waals surface area (Å²) in [6.45, 7) is 3.32. The van der Waals surface area contributed by atoms with Gasteiger partial charge in [0.05, 0.1) is 24.3 Å². The van der Waals surface area contributed by atoms with E-state index in [4.69, 9.17) is 20.7 Å². The van der Waals surface area contributed by atoms with Crippen LogP contribution >= 0.6 is 0 Å². The molecule has 0 aliphatic carbocycles. The number of aryl methyl sites for hydroxylation is 1. The average molecular weight is 561 g/mol. The summed E-state index contributed by atoms with van der Waals surface area (Å²) in [5, 5.41) is 0.879. The number of rotatable bonds is 6. The van der Waals surface area contributed by atoms with Gasteiger partial charge in [-0.2, -0.15) is 4.98 Å². The van der Waals surface area contributed by atoms with E-state index < -0.39 is 11.2 Å². The molecule has 10 heteroatoms. The molecule has 0 bridgehead atoms. The molecule has 1 unspecified atom stereocenters. The van der Waals surface area contributed by atoms with Crippen molar-refractivity contribution in [2.45, 2.75) is 38.9 Å². The van der Waals surface area contributed by atoms with Crippen LogP contribution in [0.1, 0.15) is 36.8 Å². The van der Waals surface area contributed by atoms with Gasteiger partial charge in [-0.25, -0.2) is 14.8 Å². The molecule has 0 spiro atoms. The van der Waals surface area contributed by atoms with Gasteiger partial charge in [0.2, 0.25) is 5.95 Å². The summed E-state index contributed by atoms with van der Waals surface area (Å²) in [6, 6.07) is 17.7. The summed E-state index contributed by atoms with van der Waals surface area (Å²) in [7, 11) is 1.63.